The summed E-state index contributed by atoms with van der Waals surface area (Å²) in [5.74, 6) is 1.95. The standard InChI is InChI=1S/C13H18ClN5O/c1-9(2)7-15-8-13-16-17-18-19(13)10-4-5-12(20-3)11(14)6-10/h4-6,9,15H,7-8H2,1-3H3. The molecule has 0 aliphatic carbocycles. The molecular formula is C13H18ClN5O. The third kappa shape index (κ3) is 3.46. The molecule has 1 heterocycles. The molecule has 0 aliphatic heterocycles. The van der Waals surface area contributed by atoms with Crippen molar-refractivity contribution in [2.45, 2.75) is 20.4 Å². The van der Waals surface area contributed by atoms with Crippen molar-refractivity contribution in [1.29, 1.82) is 0 Å². The van der Waals surface area contributed by atoms with Gasteiger partial charge >= 0.3 is 0 Å². The van der Waals surface area contributed by atoms with Crippen molar-refractivity contribution < 1.29 is 4.74 Å². The summed E-state index contributed by atoms with van der Waals surface area (Å²) in [6.45, 7) is 5.82. The monoisotopic (exact) mass is 295 g/mol. The molecule has 0 unspecified atom stereocenters. The molecule has 0 amide bonds. The first-order valence-corrected chi connectivity index (χ1v) is 6.81. The van der Waals surface area contributed by atoms with Crippen molar-refractivity contribution in [2.75, 3.05) is 13.7 Å². The Morgan fingerprint density at radius 3 is 2.85 bits per heavy atom. The zero-order valence-corrected chi connectivity index (χ0v) is 12.6. The van der Waals surface area contributed by atoms with Crippen LogP contribution in [0.2, 0.25) is 5.02 Å². The minimum atomic E-state index is 0.529. The van der Waals surface area contributed by atoms with Crippen molar-refractivity contribution in [3.05, 3.63) is 29.0 Å². The first kappa shape index (κ1) is 14.7. The van der Waals surface area contributed by atoms with Gasteiger partial charge in [0.25, 0.3) is 0 Å². The smallest absolute Gasteiger partial charge is 0.170 e. The van der Waals surface area contributed by atoms with Crippen LogP contribution in [-0.2, 0) is 6.54 Å². The quantitative estimate of drug-likeness (QED) is 0.884. The van der Waals surface area contributed by atoms with Crippen LogP contribution in [0.3, 0.4) is 0 Å². The van der Waals surface area contributed by atoms with Gasteiger partial charge in [0.1, 0.15) is 5.75 Å². The van der Waals surface area contributed by atoms with Gasteiger partial charge in [-0.2, -0.15) is 4.68 Å². The molecule has 108 valence electrons. The number of nitrogens with zero attached hydrogens (tertiary/aromatic N) is 4. The van der Waals surface area contributed by atoms with Crippen LogP contribution in [0.1, 0.15) is 19.7 Å². The van der Waals surface area contributed by atoms with Crippen LogP contribution in [0.25, 0.3) is 5.69 Å². The molecule has 0 bridgehead atoms. The molecule has 0 aliphatic rings. The van der Waals surface area contributed by atoms with Crippen LogP contribution in [0, 0.1) is 5.92 Å². The van der Waals surface area contributed by atoms with E-state index < -0.39 is 0 Å². The molecule has 0 atom stereocenters. The summed E-state index contributed by atoms with van der Waals surface area (Å²) in [7, 11) is 1.58. The van der Waals surface area contributed by atoms with Gasteiger partial charge in [-0.15, -0.1) is 5.10 Å². The van der Waals surface area contributed by atoms with E-state index in [1.165, 1.54) is 0 Å². The third-order valence-electron chi connectivity index (χ3n) is 2.75. The number of nitrogens with one attached hydrogen (secondary N) is 1. The average molecular weight is 296 g/mol. The second kappa shape index (κ2) is 6.67. The van der Waals surface area contributed by atoms with E-state index in [0.29, 0.717) is 23.2 Å². The van der Waals surface area contributed by atoms with E-state index in [9.17, 15) is 0 Å². The van der Waals surface area contributed by atoms with Crippen LogP contribution in [0.15, 0.2) is 18.2 Å². The van der Waals surface area contributed by atoms with Crippen LogP contribution >= 0.6 is 11.6 Å². The Morgan fingerprint density at radius 1 is 1.40 bits per heavy atom. The minimum absolute atomic E-state index is 0.529. The van der Waals surface area contributed by atoms with Gasteiger partial charge in [0.2, 0.25) is 0 Å². The maximum Gasteiger partial charge on any atom is 0.170 e. The second-order valence-electron chi connectivity index (χ2n) is 4.85. The zero-order valence-electron chi connectivity index (χ0n) is 11.8. The minimum Gasteiger partial charge on any atom is -0.495 e. The van der Waals surface area contributed by atoms with Gasteiger partial charge in [-0.1, -0.05) is 25.4 Å². The molecular weight excluding hydrogens is 278 g/mol. The third-order valence-corrected chi connectivity index (χ3v) is 3.05. The van der Waals surface area contributed by atoms with E-state index in [4.69, 9.17) is 16.3 Å². The van der Waals surface area contributed by atoms with Crippen molar-refractivity contribution in [2.24, 2.45) is 5.92 Å². The largest absolute Gasteiger partial charge is 0.495 e. The number of hydrogen-bond acceptors (Lipinski definition) is 5. The first-order valence-electron chi connectivity index (χ1n) is 6.43. The topological polar surface area (TPSA) is 64.9 Å². The fourth-order valence-corrected chi connectivity index (χ4v) is 2.03. The van der Waals surface area contributed by atoms with Gasteiger partial charge < -0.3 is 10.1 Å². The van der Waals surface area contributed by atoms with E-state index in [-0.39, 0.29) is 0 Å². The second-order valence-corrected chi connectivity index (χ2v) is 5.26. The highest BCUT2D eigenvalue weighted by molar-refractivity contribution is 6.32. The van der Waals surface area contributed by atoms with Crippen molar-refractivity contribution >= 4 is 11.6 Å². The molecule has 0 fully saturated rings. The zero-order chi connectivity index (χ0) is 14.5. The molecule has 6 nitrogen and oxygen atoms in total. The fraction of sp³-hybridized carbons (Fsp3) is 0.462. The Balaban J connectivity index is 2.17. The number of hydrogen-bond donors (Lipinski definition) is 1. The number of benzene rings is 1. The van der Waals surface area contributed by atoms with Gasteiger partial charge in [0.05, 0.1) is 24.4 Å². The summed E-state index contributed by atoms with van der Waals surface area (Å²) < 4.78 is 6.80. The molecule has 2 rings (SSSR count). The Kier molecular flexibility index (Phi) is 4.92. The maximum atomic E-state index is 6.12. The molecule has 20 heavy (non-hydrogen) atoms. The predicted molar refractivity (Wildman–Crippen MR) is 77.3 cm³/mol. The number of rotatable bonds is 6. The normalized spacial score (nSPS) is 11.1. The van der Waals surface area contributed by atoms with Gasteiger partial charge in [0.15, 0.2) is 5.82 Å². The fourth-order valence-electron chi connectivity index (χ4n) is 1.78. The molecule has 7 heteroatoms. The summed E-state index contributed by atoms with van der Waals surface area (Å²) in [6.07, 6.45) is 0. The average Bonchev–Trinajstić information content (AvgIpc) is 2.86. The summed E-state index contributed by atoms with van der Waals surface area (Å²) >= 11 is 6.12. The summed E-state index contributed by atoms with van der Waals surface area (Å²) in [5, 5.41) is 15.6. The van der Waals surface area contributed by atoms with Crippen LogP contribution in [0.4, 0.5) is 0 Å². The lowest BCUT2D eigenvalue weighted by molar-refractivity contribution is 0.415. The van der Waals surface area contributed by atoms with Crippen LogP contribution in [0.5, 0.6) is 5.75 Å². The summed E-state index contributed by atoms with van der Waals surface area (Å²) in [6, 6.07) is 5.44. The molecule has 1 N–H and O–H groups in total. The maximum absolute atomic E-state index is 6.12. The lowest BCUT2D eigenvalue weighted by Crippen LogP contribution is -2.21. The Labute approximate surface area is 123 Å². The Bertz CT molecular complexity index is 570. The van der Waals surface area contributed by atoms with Gasteiger partial charge in [-0.25, -0.2) is 0 Å². The lowest BCUT2D eigenvalue weighted by Gasteiger charge is -2.09. The predicted octanol–water partition coefficient (Wildman–Crippen LogP) is 2.07. The number of methoxy groups -OCH3 is 1. The molecule has 0 saturated carbocycles. The molecule has 2 aromatic rings. The molecule has 0 spiro atoms. The van der Waals surface area contributed by atoms with Gasteiger partial charge in [0, 0.05) is 0 Å². The molecule has 1 aromatic carbocycles. The highest BCUT2D eigenvalue weighted by Gasteiger charge is 2.10. The van der Waals surface area contributed by atoms with Crippen LogP contribution < -0.4 is 10.1 Å². The highest BCUT2D eigenvalue weighted by Crippen LogP contribution is 2.26. The van der Waals surface area contributed by atoms with E-state index in [1.807, 2.05) is 6.07 Å². The van der Waals surface area contributed by atoms with Gasteiger partial charge in [-0.3, -0.25) is 0 Å². The number of tetrazole rings is 1. The first-order chi connectivity index (χ1) is 9.61. The number of ether oxygens (including phenoxy) is 1. The molecule has 1 aromatic heterocycles. The van der Waals surface area contributed by atoms with Crippen molar-refractivity contribution in [3.8, 4) is 11.4 Å². The SMILES string of the molecule is COc1ccc(-n2nnnc2CNCC(C)C)cc1Cl. The van der Waals surface area contributed by atoms with E-state index >= 15 is 0 Å². The van der Waals surface area contributed by atoms with E-state index in [0.717, 1.165) is 18.1 Å². The van der Waals surface area contributed by atoms with Crippen molar-refractivity contribution in [1.82, 2.24) is 25.5 Å². The van der Waals surface area contributed by atoms with E-state index in [2.05, 4.69) is 34.7 Å². The van der Waals surface area contributed by atoms with Gasteiger partial charge in [-0.05, 0) is 41.1 Å². The highest BCUT2D eigenvalue weighted by atomic mass is 35.5. The lowest BCUT2D eigenvalue weighted by atomic mass is 10.2. The summed E-state index contributed by atoms with van der Waals surface area (Å²) in [5.41, 5.74) is 0.808. The number of aromatic nitrogens is 4. The van der Waals surface area contributed by atoms with Crippen molar-refractivity contribution in [3.63, 3.8) is 0 Å². The summed E-state index contributed by atoms with van der Waals surface area (Å²) in [4.78, 5) is 0. The van der Waals surface area contributed by atoms with Crippen LogP contribution in [-0.4, -0.2) is 33.9 Å². The molecule has 0 saturated heterocycles. The Morgan fingerprint density at radius 2 is 2.20 bits per heavy atom. The Hall–Kier alpha value is -1.66. The van der Waals surface area contributed by atoms with E-state index in [1.54, 1.807) is 23.9 Å². The molecule has 0 radical (unpaired) electrons. The number of halogens is 1.